The fraction of sp³-hybridized carbons (Fsp3) is 0.309. The Labute approximate surface area is 460 Å². The molecule has 24 heteroatoms. The van der Waals surface area contributed by atoms with E-state index in [1.165, 1.54) is 19.2 Å². The highest BCUT2D eigenvalue weighted by atomic mass is 35.5. The van der Waals surface area contributed by atoms with E-state index in [9.17, 15) is 32.7 Å². The molecule has 0 saturated carbocycles. The number of nitrogens with zero attached hydrogens (tertiary/aromatic N) is 5. The molecule has 0 amide bonds. The molecular formula is C55H61ClN8O14S. The highest BCUT2D eigenvalue weighted by Gasteiger charge is 2.40. The highest BCUT2D eigenvalue weighted by Crippen LogP contribution is 2.42. The molecule has 8 rings (SSSR count). The minimum atomic E-state index is -4.00. The van der Waals surface area contributed by atoms with Crippen LogP contribution >= 0.6 is 11.6 Å². The number of tetrazole rings is 1. The van der Waals surface area contributed by atoms with Crippen molar-refractivity contribution in [3.05, 3.63) is 181 Å². The molecule has 6 N–H and O–H groups in total. The zero-order valence-corrected chi connectivity index (χ0v) is 46.0. The van der Waals surface area contributed by atoms with E-state index in [1.54, 1.807) is 81.7 Å². The maximum Gasteiger partial charge on any atom is 0.519 e. The minimum absolute atomic E-state index is 0.0741. The fourth-order valence-electron chi connectivity index (χ4n) is 8.31. The first-order chi connectivity index (χ1) is 37.7. The number of H-pyrrole nitrogens is 1. The third-order valence-corrected chi connectivity index (χ3v) is 13.1. The zero-order chi connectivity index (χ0) is 57.4. The molecule has 0 aliphatic carbocycles. The van der Waals surface area contributed by atoms with E-state index >= 15 is 0 Å². The van der Waals surface area contributed by atoms with E-state index in [4.69, 9.17) is 49.7 Å². The first-order valence-electron chi connectivity index (χ1n) is 24.7. The summed E-state index contributed by atoms with van der Waals surface area (Å²) in [5.74, 6) is -1.95. The molecule has 4 aromatic carbocycles. The van der Waals surface area contributed by atoms with Gasteiger partial charge in [0.1, 0.15) is 17.1 Å². The molecular weight excluding hydrogens is 1060 g/mol. The number of aromatic amines is 1. The number of halogens is 1. The van der Waals surface area contributed by atoms with Crippen LogP contribution in [0.1, 0.15) is 91.6 Å². The molecule has 22 nitrogen and oxygen atoms in total. The summed E-state index contributed by atoms with van der Waals surface area (Å²) in [5, 5.41) is 28.8. The first kappa shape index (κ1) is 60.2. The van der Waals surface area contributed by atoms with E-state index in [-0.39, 0.29) is 53.2 Å². The van der Waals surface area contributed by atoms with Gasteiger partial charge in [-0.15, -0.1) is 10.2 Å². The maximum absolute atomic E-state index is 13.5. The molecule has 0 fully saturated rings. The summed E-state index contributed by atoms with van der Waals surface area (Å²) >= 11 is 6.42. The van der Waals surface area contributed by atoms with Crippen molar-refractivity contribution in [2.24, 2.45) is 5.73 Å². The summed E-state index contributed by atoms with van der Waals surface area (Å²) in [6.07, 6.45) is 1.37. The molecule has 0 spiro atoms. The Morgan fingerprint density at radius 1 is 0.861 bits per heavy atom. The lowest BCUT2D eigenvalue weighted by atomic mass is 9.80. The van der Waals surface area contributed by atoms with Crippen LogP contribution < -0.4 is 16.9 Å². The molecule has 1 unspecified atom stereocenters. The van der Waals surface area contributed by atoms with Gasteiger partial charge in [-0.1, -0.05) is 103 Å². The van der Waals surface area contributed by atoms with Crippen LogP contribution in [0.2, 0.25) is 5.02 Å². The van der Waals surface area contributed by atoms with Gasteiger partial charge in [0, 0.05) is 35.8 Å². The molecule has 0 bridgehead atoms. The SMILES string of the molecule is CCCc1nc(C(C)(C)O)c(C(=O)OCc2oc(=O)oc2C)n1Cc1ccc(-c2ccccc2-c2nn[nH]n2)cc1.CCOC(=O)C1=C(COCCN)NC(C)=C(C(=O)OC)C1c1ccccc1Cl.O=S(=O)(O)c1ccccc1. The van der Waals surface area contributed by atoms with Crippen molar-refractivity contribution < 1.29 is 60.2 Å². The molecule has 1 atom stereocenters. The van der Waals surface area contributed by atoms with Gasteiger partial charge < -0.3 is 48.5 Å². The van der Waals surface area contributed by atoms with Crippen LogP contribution in [0.15, 0.2) is 144 Å². The monoisotopic (exact) mass is 1120 g/mol. The van der Waals surface area contributed by atoms with Gasteiger partial charge in [0.15, 0.2) is 23.8 Å². The lowest BCUT2D eigenvalue weighted by molar-refractivity contribution is -0.139. The first-order valence-corrected chi connectivity index (χ1v) is 26.6. The number of esters is 3. The Kier molecular flexibility index (Phi) is 20.9. The Morgan fingerprint density at radius 2 is 1.53 bits per heavy atom. The number of aromatic nitrogens is 6. The standard InChI is InChI=1S/C29H30N6O6.C20H25ClN2O5.C6H6O3S/c1-5-8-23-30-25(29(3,4)38)24(27(36)39-16-22-17(2)40-28(37)41-22)35(23)15-18-11-13-19(14-12-18)20-9-6-7-10-21(20)26-31-33-34-32-26;1-4-28-20(25)18-15(11-27-10-9-22)23-12(2)16(19(24)26-3)17(18)13-7-5-6-8-14(13)21;7-10(8,9)6-4-2-1-3-5-6/h6-7,9-14,38H,5,8,15-16H2,1-4H3,(H,31,32,33,34);5-8,17,23H,4,9-11,22H2,1-3H3;1-5H,(H,7,8,9). The number of carbonyl (C=O) groups excluding carboxylic acids is 3. The van der Waals surface area contributed by atoms with Crippen LogP contribution in [0.3, 0.4) is 0 Å². The normalized spacial score (nSPS) is 13.4. The number of benzene rings is 4. The van der Waals surface area contributed by atoms with Crippen molar-refractivity contribution in [3.63, 3.8) is 0 Å². The second-order valence-corrected chi connectivity index (χ2v) is 19.8. The van der Waals surface area contributed by atoms with Gasteiger partial charge in [0.25, 0.3) is 10.1 Å². The van der Waals surface area contributed by atoms with Gasteiger partial charge in [-0.3, -0.25) is 4.55 Å². The molecule has 7 aromatic rings. The predicted molar refractivity (Wildman–Crippen MR) is 289 cm³/mol. The van der Waals surface area contributed by atoms with Gasteiger partial charge in [0.05, 0.1) is 54.6 Å². The molecule has 0 saturated heterocycles. The van der Waals surface area contributed by atoms with Crippen molar-refractivity contribution >= 4 is 39.6 Å². The topological polar surface area (TPSA) is 316 Å². The number of carbonyl (C=O) groups is 3. The third-order valence-electron chi connectivity index (χ3n) is 11.9. The highest BCUT2D eigenvalue weighted by molar-refractivity contribution is 7.85. The number of hydrogen-bond donors (Lipinski definition) is 5. The Bertz CT molecular complexity index is 3460. The summed E-state index contributed by atoms with van der Waals surface area (Å²) in [6.45, 7) is 11.1. The largest absolute Gasteiger partial charge is 0.519 e. The molecule has 4 heterocycles. The van der Waals surface area contributed by atoms with Gasteiger partial charge in [0.2, 0.25) is 5.82 Å². The van der Waals surface area contributed by atoms with Crippen molar-refractivity contribution in [2.75, 3.05) is 33.5 Å². The van der Waals surface area contributed by atoms with Crippen LogP contribution in [0, 0.1) is 6.92 Å². The molecule has 1 aliphatic rings. The van der Waals surface area contributed by atoms with Gasteiger partial charge in [-0.05, 0) is 86.7 Å². The molecule has 79 heavy (non-hydrogen) atoms. The van der Waals surface area contributed by atoms with Crippen LogP contribution in [-0.4, -0.2) is 99.6 Å². The van der Waals surface area contributed by atoms with E-state index in [1.807, 2.05) is 55.5 Å². The van der Waals surface area contributed by atoms with Crippen LogP contribution in [0.5, 0.6) is 0 Å². The number of nitrogens with two attached hydrogens (primary N) is 1. The summed E-state index contributed by atoms with van der Waals surface area (Å²) in [4.78, 5) is 54.9. The zero-order valence-electron chi connectivity index (χ0n) is 44.4. The van der Waals surface area contributed by atoms with Crippen molar-refractivity contribution in [1.29, 1.82) is 0 Å². The maximum atomic E-state index is 13.5. The van der Waals surface area contributed by atoms with Crippen LogP contribution in [0.4, 0.5) is 0 Å². The summed E-state index contributed by atoms with van der Waals surface area (Å²) in [5.41, 5.74) is 10.3. The minimum Gasteiger partial charge on any atom is -0.466 e. The smallest absolute Gasteiger partial charge is 0.466 e. The lowest BCUT2D eigenvalue weighted by Crippen LogP contribution is -2.35. The average Bonchev–Trinajstić information content (AvgIpc) is 4.22. The lowest BCUT2D eigenvalue weighted by Gasteiger charge is -2.31. The number of aliphatic hydroxyl groups is 1. The molecule has 1 aliphatic heterocycles. The van der Waals surface area contributed by atoms with Crippen LogP contribution in [-0.2, 0) is 63.8 Å². The molecule has 418 valence electrons. The van der Waals surface area contributed by atoms with E-state index in [0.717, 1.165) is 28.7 Å². The summed E-state index contributed by atoms with van der Waals surface area (Å²) < 4.78 is 62.1. The van der Waals surface area contributed by atoms with Gasteiger partial charge >= 0.3 is 23.7 Å². The van der Waals surface area contributed by atoms with Crippen molar-refractivity contribution in [1.82, 2.24) is 35.5 Å². The number of dihydropyridines is 1. The Balaban J connectivity index is 0.000000228. The molecule has 3 aromatic heterocycles. The predicted octanol–water partition coefficient (Wildman–Crippen LogP) is 7.37. The fourth-order valence-corrected chi connectivity index (χ4v) is 9.06. The van der Waals surface area contributed by atoms with Crippen molar-refractivity contribution in [3.8, 4) is 22.5 Å². The second kappa shape index (κ2) is 27.5. The van der Waals surface area contributed by atoms with E-state index < -0.39 is 45.4 Å². The Morgan fingerprint density at radius 3 is 2.10 bits per heavy atom. The number of aryl methyl sites for hydroxylation is 2. The summed E-state index contributed by atoms with van der Waals surface area (Å²) in [7, 11) is -2.71. The number of rotatable bonds is 19. The second-order valence-electron chi connectivity index (χ2n) is 18.0. The van der Waals surface area contributed by atoms with Gasteiger partial charge in [-0.25, -0.2) is 24.2 Å². The number of imidazole rings is 1. The van der Waals surface area contributed by atoms with Crippen LogP contribution in [0.25, 0.3) is 22.5 Å². The Hall–Kier alpha value is -8.06. The van der Waals surface area contributed by atoms with Gasteiger partial charge in [-0.2, -0.15) is 13.6 Å². The van der Waals surface area contributed by atoms with E-state index in [2.05, 4.69) is 30.9 Å². The average molecular weight is 1130 g/mol. The number of hydrogen-bond acceptors (Lipinski definition) is 19. The molecule has 0 radical (unpaired) electrons. The number of methoxy groups -OCH3 is 1. The van der Waals surface area contributed by atoms with Crippen molar-refractivity contribution in [2.45, 2.75) is 84.0 Å². The number of ether oxygens (including phenoxy) is 4. The van der Waals surface area contributed by atoms with E-state index in [0.29, 0.717) is 65.3 Å². The number of nitrogens with one attached hydrogen (secondary N) is 2. The third kappa shape index (κ3) is 15.4. The quantitative estimate of drug-likeness (QED) is 0.0228. The summed E-state index contributed by atoms with van der Waals surface area (Å²) in [6, 6.07) is 30.2. The number of allylic oxidation sites excluding steroid dienone is 1.